The molecule has 26 heavy (non-hydrogen) atoms. The number of hydrogen-bond acceptors (Lipinski definition) is 6. The molecule has 0 spiro atoms. The summed E-state index contributed by atoms with van der Waals surface area (Å²) in [6.07, 6.45) is 5.12. The number of thiophene rings is 1. The van der Waals surface area contributed by atoms with Crippen molar-refractivity contribution < 1.29 is 9.59 Å². The Labute approximate surface area is 160 Å². The number of carbonyl (C=O) groups excluding carboxylic acids is 2. The Bertz CT molecular complexity index is 731. The first-order valence-electron chi connectivity index (χ1n) is 8.77. The molecule has 0 bridgehead atoms. The molecule has 3 amide bonds. The number of urea groups is 1. The lowest BCUT2D eigenvalue weighted by Crippen LogP contribution is -2.48. The molecule has 2 aromatic heterocycles. The van der Waals surface area contributed by atoms with Crippen molar-refractivity contribution in [3.05, 3.63) is 28.2 Å². The van der Waals surface area contributed by atoms with Gasteiger partial charge in [-0.25, -0.2) is 9.78 Å². The minimum atomic E-state index is -0.414. The average Bonchev–Trinajstić information content (AvgIpc) is 3.27. The Morgan fingerprint density at radius 2 is 2.23 bits per heavy atom. The fourth-order valence-electron chi connectivity index (χ4n) is 3.03. The van der Waals surface area contributed by atoms with Crippen molar-refractivity contribution in [2.24, 2.45) is 5.92 Å². The van der Waals surface area contributed by atoms with E-state index in [2.05, 4.69) is 32.7 Å². The molecule has 0 saturated heterocycles. The van der Waals surface area contributed by atoms with Crippen molar-refractivity contribution in [3.8, 4) is 0 Å². The number of thioether (sulfide) groups is 1. The van der Waals surface area contributed by atoms with E-state index in [0.29, 0.717) is 17.5 Å². The third-order valence-electron chi connectivity index (χ3n) is 4.45. The molecule has 3 N–H and O–H groups in total. The van der Waals surface area contributed by atoms with E-state index in [9.17, 15) is 9.59 Å². The van der Waals surface area contributed by atoms with Crippen molar-refractivity contribution in [3.63, 3.8) is 0 Å². The van der Waals surface area contributed by atoms with Gasteiger partial charge in [0.1, 0.15) is 5.82 Å². The van der Waals surface area contributed by atoms with Crippen LogP contribution in [-0.2, 0) is 11.2 Å². The number of aromatic amines is 1. The van der Waals surface area contributed by atoms with Gasteiger partial charge in [-0.05, 0) is 30.2 Å². The summed E-state index contributed by atoms with van der Waals surface area (Å²) < 4.78 is 0. The fraction of sp³-hybridized carbons (Fsp3) is 0.529. The van der Waals surface area contributed by atoms with Crippen molar-refractivity contribution in [1.82, 2.24) is 25.8 Å². The first-order chi connectivity index (χ1) is 12.6. The first-order valence-corrected chi connectivity index (χ1v) is 10.6. The van der Waals surface area contributed by atoms with Gasteiger partial charge in [0.05, 0.1) is 5.75 Å². The highest BCUT2D eigenvalue weighted by molar-refractivity contribution is 7.99. The van der Waals surface area contributed by atoms with Gasteiger partial charge in [0, 0.05) is 17.3 Å². The number of amides is 3. The largest absolute Gasteiger partial charge is 0.335 e. The van der Waals surface area contributed by atoms with Crippen molar-refractivity contribution >= 4 is 35.0 Å². The number of hydrogen-bond donors (Lipinski definition) is 3. The Balaban J connectivity index is 1.39. The topological polar surface area (TPSA) is 99.8 Å². The third-order valence-corrected chi connectivity index (χ3v) is 6.17. The monoisotopic (exact) mass is 393 g/mol. The second-order valence-corrected chi connectivity index (χ2v) is 8.47. The first kappa shape index (κ1) is 18.9. The summed E-state index contributed by atoms with van der Waals surface area (Å²) in [6.45, 7) is 2.14. The molecule has 2 aromatic rings. The van der Waals surface area contributed by atoms with Gasteiger partial charge in [0.2, 0.25) is 11.1 Å². The maximum absolute atomic E-state index is 12.0. The van der Waals surface area contributed by atoms with Crippen LogP contribution in [0.4, 0.5) is 4.79 Å². The summed E-state index contributed by atoms with van der Waals surface area (Å²) >= 11 is 2.87. The number of aromatic nitrogens is 3. The second kappa shape index (κ2) is 9.18. The molecule has 1 saturated carbocycles. The summed E-state index contributed by atoms with van der Waals surface area (Å²) in [5.74, 6) is 0.971. The fourth-order valence-corrected chi connectivity index (χ4v) is 4.35. The highest BCUT2D eigenvalue weighted by Crippen LogP contribution is 2.23. The molecule has 2 heterocycles. The zero-order chi connectivity index (χ0) is 18.4. The van der Waals surface area contributed by atoms with Gasteiger partial charge >= 0.3 is 6.03 Å². The predicted molar refractivity (Wildman–Crippen MR) is 102 cm³/mol. The van der Waals surface area contributed by atoms with Crippen LogP contribution >= 0.6 is 23.1 Å². The highest BCUT2D eigenvalue weighted by atomic mass is 32.2. The van der Waals surface area contributed by atoms with E-state index < -0.39 is 6.03 Å². The van der Waals surface area contributed by atoms with Crippen LogP contribution < -0.4 is 10.6 Å². The number of nitrogens with one attached hydrogen (secondary N) is 3. The molecule has 1 aliphatic carbocycles. The van der Waals surface area contributed by atoms with Gasteiger partial charge in [0.15, 0.2) is 0 Å². The van der Waals surface area contributed by atoms with Crippen molar-refractivity contribution in [1.29, 1.82) is 0 Å². The predicted octanol–water partition coefficient (Wildman–Crippen LogP) is 2.95. The number of H-pyrrole nitrogens is 1. The maximum Gasteiger partial charge on any atom is 0.321 e. The Morgan fingerprint density at radius 1 is 1.38 bits per heavy atom. The van der Waals surface area contributed by atoms with Gasteiger partial charge in [-0.15, -0.1) is 16.4 Å². The number of rotatable bonds is 6. The molecule has 140 valence electrons. The van der Waals surface area contributed by atoms with Gasteiger partial charge in [0.25, 0.3) is 0 Å². The summed E-state index contributed by atoms with van der Waals surface area (Å²) in [6, 6.07) is 3.77. The zero-order valence-corrected chi connectivity index (χ0v) is 16.3. The second-order valence-electron chi connectivity index (χ2n) is 6.50. The Kier molecular flexibility index (Phi) is 6.67. The van der Waals surface area contributed by atoms with Gasteiger partial charge in [-0.2, -0.15) is 0 Å². The molecular formula is C17H23N5O2S2. The van der Waals surface area contributed by atoms with Crippen LogP contribution in [0.1, 0.15) is 43.3 Å². The van der Waals surface area contributed by atoms with Crippen LogP contribution in [0.15, 0.2) is 22.7 Å². The molecular weight excluding hydrogens is 370 g/mol. The van der Waals surface area contributed by atoms with E-state index in [4.69, 9.17) is 0 Å². The SMILES string of the molecule is CC1CCCCC1NC(=O)NC(=O)CSc1n[nH]c(Cc2cccs2)n1. The maximum atomic E-state index is 12.0. The van der Waals surface area contributed by atoms with Crippen molar-refractivity contribution in [2.75, 3.05) is 5.75 Å². The molecule has 2 atom stereocenters. The lowest BCUT2D eigenvalue weighted by Gasteiger charge is -2.29. The average molecular weight is 394 g/mol. The van der Waals surface area contributed by atoms with Gasteiger partial charge in [-0.1, -0.05) is 37.6 Å². The molecule has 0 radical (unpaired) electrons. The minimum absolute atomic E-state index is 0.101. The summed E-state index contributed by atoms with van der Waals surface area (Å²) in [4.78, 5) is 29.5. The quantitative estimate of drug-likeness (QED) is 0.655. The highest BCUT2D eigenvalue weighted by Gasteiger charge is 2.23. The van der Waals surface area contributed by atoms with Gasteiger partial charge < -0.3 is 5.32 Å². The van der Waals surface area contributed by atoms with E-state index >= 15 is 0 Å². The summed E-state index contributed by atoms with van der Waals surface area (Å²) in [7, 11) is 0. The van der Waals surface area contributed by atoms with Crippen LogP contribution in [0.5, 0.6) is 0 Å². The summed E-state index contributed by atoms with van der Waals surface area (Å²) in [5.41, 5.74) is 0. The molecule has 0 aromatic carbocycles. The zero-order valence-electron chi connectivity index (χ0n) is 14.7. The summed E-state index contributed by atoms with van der Waals surface area (Å²) in [5, 5.41) is 14.8. The Hall–Kier alpha value is -1.87. The van der Waals surface area contributed by atoms with Crippen LogP contribution in [-0.4, -0.2) is 38.9 Å². The lowest BCUT2D eigenvalue weighted by atomic mass is 9.86. The molecule has 3 rings (SSSR count). The van der Waals surface area contributed by atoms with E-state index in [0.717, 1.165) is 25.1 Å². The van der Waals surface area contributed by atoms with Crippen LogP contribution in [0, 0.1) is 5.92 Å². The molecule has 1 aliphatic rings. The van der Waals surface area contributed by atoms with E-state index in [1.54, 1.807) is 11.3 Å². The molecule has 1 fully saturated rings. The van der Waals surface area contributed by atoms with E-state index in [-0.39, 0.29) is 17.7 Å². The molecule has 0 aliphatic heterocycles. The smallest absolute Gasteiger partial charge is 0.321 e. The Morgan fingerprint density at radius 3 is 3.00 bits per heavy atom. The molecule has 9 heteroatoms. The third kappa shape index (κ3) is 5.57. The standard InChI is InChI=1S/C17H23N5O2S2/c1-11-5-2-3-7-13(11)18-16(24)20-15(23)10-26-17-19-14(21-22-17)9-12-6-4-8-25-12/h4,6,8,11,13H,2-3,5,7,9-10H2,1H3,(H,19,21,22)(H2,18,20,23,24). The van der Waals surface area contributed by atoms with E-state index in [1.807, 2.05) is 17.5 Å². The molecule has 7 nitrogen and oxygen atoms in total. The van der Waals surface area contributed by atoms with Crippen LogP contribution in [0.3, 0.4) is 0 Å². The number of nitrogens with zero attached hydrogens (tertiary/aromatic N) is 2. The van der Waals surface area contributed by atoms with Gasteiger partial charge in [-0.3, -0.25) is 15.2 Å². The van der Waals surface area contributed by atoms with Crippen LogP contribution in [0.2, 0.25) is 0 Å². The lowest BCUT2D eigenvalue weighted by molar-refractivity contribution is -0.117. The van der Waals surface area contributed by atoms with E-state index in [1.165, 1.54) is 23.1 Å². The number of carbonyl (C=O) groups is 2. The number of imide groups is 1. The molecule has 2 unspecified atom stereocenters. The van der Waals surface area contributed by atoms with Crippen LogP contribution in [0.25, 0.3) is 0 Å². The normalized spacial score (nSPS) is 19.9. The van der Waals surface area contributed by atoms with Crippen molar-refractivity contribution in [2.45, 2.75) is 50.2 Å². The minimum Gasteiger partial charge on any atom is -0.335 e.